The van der Waals surface area contributed by atoms with Crippen molar-refractivity contribution in [2.24, 2.45) is 0 Å². The molecule has 1 aliphatic rings. The minimum absolute atomic E-state index is 0.256. The summed E-state index contributed by atoms with van der Waals surface area (Å²) in [7, 11) is 0. The maximum absolute atomic E-state index is 9.07. The van der Waals surface area contributed by atoms with E-state index < -0.39 is 0 Å². The molecule has 1 fully saturated rings. The average Bonchev–Trinajstić information content (AvgIpc) is 2.23. The molecule has 0 N–H and O–H groups in total. The Bertz CT molecular complexity index is 360. The molecule has 0 amide bonds. The van der Waals surface area contributed by atoms with Gasteiger partial charge in [0.1, 0.15) is 6.79 Å². The molecular weight excluding hydrogens is 188 g/mol. The minimum Gasteiger partial charge on any atom is -0.307 e. The number of pyridine rings is 1. The van der Waals surface area contributed by atoms with Gasteiger partial charge in [0, 0.05) is 6.20 Å². The smallest absolute Gasteiger partial charge is 0.106 e. The third-order valence-corrected chi connectivity index (χ3v) is 2.82. The maximum atomic E-state index is 9.07. The van der Waals surface area contributed by atoms with Crippen LogP contribution in [0.4, 0.5) is 0 Å². The summed E-state index contributed by atoms with van der Waals surface area (Å²) in [6.07, 6.45) is 4.94. The average molecular weight is 202 g/mol. The molecule has 1 aliphatic carbocycles. The van der Waals surface area contributed by atoms with Gasteiger partial charge in [-0.05, 0) is 37.8 Å². The van der Waals surface area contributed by atoms with E-state index in [0.29, 0.717) is 0 Å². The van der Waals surface area contributed by atoms with Crippen LogP contribution in [-0.4, -0.2) is 11.8 Å². The highest BCUT2D eigenvalue weighted by atomic mass is 16.1. The van der Waals surface area contributed by atoms with Crippen molar-refractivity contribution in [3.05, 3.63) is 29.6 Å². The van der Waals surface area contributed by atoms with Gasteiger partial charge >= 0.3 is 0 Å². The lowest BCUT2D eigenvalue weighted by Gasteiger charge is -2.34. The molecule has 0 saturated heterocycles. The Kier molecular flexibility index (Phi) is 3.56. The van der Waals surface area contributed by atoms with E-state index in [1.54, 1.807) is 0 Å². The van der Waals surface area contributed by atoms with Gasteiger partial charge in [0.05, 0.1) is 17.2 Å². The fraction of sp³-hybridized carbons (Fsp3) is 0.417. The molecule has 0 atom stereocenters. The molecule has 3 nitrogen and oxygen atoms in total. The van der Waals surface area contributed by atoms with Gasteiger partial charge < -0.3 is 4.79 Å². The third-order valence-electron chi connectivity index (χ3n) is 2.82. The van der Waals surface area contributed by atoms with E-state index in [9.17, 15) is 0 Å². The van der Waals surface area contributed by atoms with Crippen molar-refractivity contribution in [2.75, 3.05) is 0 Å². The lowest BCUT2D eigenvalue weighted by atomic mass is 9.67. The van der Waals surface area contributed by atoms with Gasteiger partial charge in [0.15, 0.2) is 0 Å². The molecule has 0 bridgehead atoms. The number of nitrogens with zero attached hydrogens (tertiary/aromatic N) is 2. The Hall–Kier alpha value is -1.69. The summed E-state index contributed by atoms with van der Waals surface area (Å²) in [6, 6.07) is 6.40. The summed E-state index contributed by atoms with van der Waals surface area (Å²) in [6.45, 7) is 4.01. The van der Waals surface area contributed by atoms with Crippen molar-refractivity contribution in [3.63, 3.8) is 0 Å². The van der Waals surface area contributed by atoms with Crippen molar-refractivity contribution < 1.29 is 4.79 Å². The van der Waals surface area contributed by atoms with E-state index >= 15 is 0 Å². The van der Waals surface area contributed by atoms with Crippen molar-refractivity contribution in [2.45, 2.75) is 31.6 Å². The summed E-state index contributed by atoms with van der Waals surface area (Å²) in [5.74, 6) is 0. The Morgan fingerprint density at radius 2 is 2.13 bits per heavy atom. The molecule has 0 aromatic carbocycles. The molecule has 1 aromatic rings. The molecule has 0 spiro atoms. The van der Waals surface area contributed by atoms with Crippen molar-refractivity contribution in [3.8, 4) is 6.07 Å². The maximum Gasteiger partial charge on any atom is 0.106 e. The van der Waals surface area contributed by atoms with Crippen molar-refractivity contribution >= 4 is 6.79 Å². The van der Waals surface area contributed by atoms with E-state index in [-0.39, 0.29) is 5.41 Å². The van der Waals surface area contributed by atoms with Gasteiger partial charge in [0.2, 0.25) is 0 Å². The second kappa shape index (κ2) is 4.70. The van der Waals surface area contributed by atoms with E-state index in [1.807, 2.05) is 32.0 Å². The van der Waals surface area contributed by atoms with Gasteiger partial charge in [0.25, 0.3) is 0 Å². The normalized spacial score (nSPS) is 16.5. The zero-order chi connectivity index (χ0) is 11.3. The molecule has 0 aliphatic heterocycles. The largest absolute Gasteiger partial charge is 0.307 e. The number of carbonyl (C=O) groups excluding carboxylic acids is 1. The van der Waals surface area contributed by atoms with E-state index in [4.69, 9.17) is 10.1 Å². The highest BCUT2D eigenvalue weighted by Crippen LogP contribution is 2.41. The van der Waals surface area contributed by atoms with E-state index in [0.717, 1.165) is 30.5 Å². The second-order valence-electron chi connectivity index (χ2n) is 3.77. The van der Waals surface area contributed by atoms with Crippen LogP contribution in [0.2, 0.25) is 0 Å². The van der Waals surface area contributed by atoms with Crippen LogP contribution in [-0.2, 0) is 10.2 Å². The molecule has 78 valence electrons. The zero-order valence-electron chi connectivity index (χ0n) is 8.86. The van der Waals surface area contributed by atoms with Crippen LogP contribution in [0.3, 0.4) is 0 Å². The summed E-state index contributed by atoms with van der Waals surface area (Å²) >= 11 is 0. The number of hydrogen-bond acceptors (Lipinski definition) is 3. The zero-order valence-corrected chi connectivity index (χ0v) is 8.86. The van der Waals surface area contributed by atoms with E-state index in [2.05, 4.69) is 11.1 Å². The van der Waals surface area contributed by atoms with Crippen LogP contribution >= 0.6 is 0 Å². The minimum atomic E-state index is -0.256. The number of rotatable bonds is 1. The third kappa shape index (κ3) is 2.04. The number of aromatic nitrogens is 1. The quantitative estimate of drug-likeness (QED) is 0.701. The Morgan fingerprint density at radius 1 is 1.47 bits per heavy atom. The van der Waals surface area contributed by atoms with Crippen LogP contribution in [0.25, 0.3) is 0 Å². The van der Waals surface area contributed by atoms with Crippen molar-refractivity contribution in [1.29, 1.82) is 5.26 Å². The van der Waals surface area contributed by atoms with Crippen LogP contribution in [0.1, 0.15) is 30.5 Å². The number of carbonyl (C=O) groups is 1. The molecule has 0 radical (unpaired) electrons. The molecule has 3 heteroatoms. The number of aryl methyl sites for hydroxylation is 1. The monoisotopic (exact) mass is 202 g/mol. The van der Waals surface area contributed by atoms with Crippen LogP contribution in [0, 0.1) is 18.3 Å². The molecule has 0 unspecified atom stereocenters. The number of hydrogen-bond donors (Lipinski definition) is 0. The highest BCUT2D eigenvalue weighted by Gasteiger charge is 2.40. The van der Waals surface area contributed by atoms with Gasteiger partial charge in [-0.2, -0.15) is 5.26 Å². The Morgan fingerprint density at radius 3 is 2.47 bits per heavy atom. The fourth-order valence-corrected chi connectivity index (χ4v) is 1.71. The predicted molar refractivity (Wildman–Crippen MR) is 57.2 cm³/mol. The van der Waals surface area contributed by atoms with Gasteiger partial charge in [-0.1, -0.05) is 6.07 Å². The Labute approximate surface area is 89.8 Å². The molecule has 1 saturated carbocycles. The summed E-state index contributed by atoms with van der Waals surface area (Å²) in [5, 5.41) is 9.07. The SMILES string of the molecule is C=O.Cc1ccc(C2(C#N)CCC2)nc1. The molecule has 1 heterocycles. The summed E-state index contributed by atoms with van der Waals surface area (Å²) in [5.41, 5.74) is 1.84. The molecular formula is C12H14N2O. The highest BCUT2D eigenvalue weighted by molar-refractivity contribution is 5.30. The fourth-order valence-electron chi connectivity index (χ4n) is 1.71. The van der Waals surface area contributed by atoms with Crippen LogP contribution in [0.5, 0.6) is 0 Å². The first-order valence-electron chi connectivity index (χ1n) is 4.90. The van der Waals surface area contributed by atoms with Gasteiger partial charge in [-0.3, -0.25) is 4.98 Å². The topological polar surface area (TPSA) is 53.8 Å². The standard InChI is InChI=1S/C11H12N2.CH2O/c1-9-3-4-10(13-7-9)11(8-12)5-2-6-11;1-2/h3-4,7H,2,5-6H2,1H3;1H2. The van der Waals surface area contributed by atoms with Gasteiger partial charge in [-0.15, -0.1) is 0 Å². The first-order chi connectivity index (χ1) is 7.27. The summed E-state index contributed by atoms with van der Waals surface area (Å²) < 4.78 is 0. The van der Waals surface area contributed by atoms with Crippen LogP contribution in [0.15, 0.2) is 18.3 Å². The number of nitriles is 1. The molecule has 1 aromatic heterocycles. The summed E-state index contributed by atoms with van der Waals surface area (Å²) in [4.78, 5) is 12.3. The molecule has 15 heavy (non-hydrogen) atoms. The Balaban J connectivity index is 0.000000531. The van der Waals surface area contributed by atoms with Gasteiger partial charge in [-0.25, -0.2) is 0 Å². The van der Waals surface area contributed by atoms with Crippen LogP contribution < -0.4 is 0 Å². The van der Waals surface area contributed by atoms with E-state index in [1.165, 1.54) is 0 Å². The molecule has 2 rings (SSSR count). The second-order valence-corrected chi connectivity index (χ2v) is 3.77. The predicted octanol–water partition coefficient (Wildman–Crippen LogP) is 2.15. The lowest BCUT2D eigenvalue weighted by molar-refractivity contribution is -0.0979. The first-order valence-corrected chi connectivity index (χ1v) is 4.90. The van der Waals surface area contributed by atoms with Crippen molar-refractivity contribution in [1.82, 2.24) is 4.98 Å². The lowest BCUT2D eigenvalue weighted by Crippen LogP contribution is -2.33. The first kappa shape index (κ1) is 11.4.